The first-order valence-electron chi connectivity index (χ1n) is 6.70. The van der Waals surface area contributed by atoms with E-state index in [0.29, 0.717) is 24.7 Å². The first-order valence-corrected chi connectivity index (χ1v) is 6.70. The molecule has 1 aromatic carbocycles. The number of halogens is 1. The molecule has 0 saturated carbocycles. The number of hydrogen-bond donors (Lipinski definition) is 2. The van der Waals surface area contributed by atoms with Gasteiger partial charge < -0.3 is 19.8 Å². The molecule has 0 saturated heterocycles. The van der Waals surface area contributed by atoms with E-state index in [-0.39, 0.29) is 24.9 Å². The number of nitrogens with zero attached hydrogens (tertiary/aromatic N) is 1. The maximum atomic E-state index is 11.8. The first-order chi connectivity index (χ1) is 10.2. The molecule has 0 fully saturated rings. The molecule has 0 atom stereocenters. The van der Waals surface area contributed by atoms with Crippen molar-refractivity contribution in [3.63, 3.8) is 0 Å². The molecule has 0 radical (unpaired) electrons. The number of carbonyl (C=O) groups excluding carboxylic acids is 1. The summed E-state index contributed by atoms with van der Waals surface area (Å²) in [4.78, 5) is 15.9. The zero-order chi connectivity index (χ0) is 15.1. The Morgan fingerprint density at radius 3 is 2.91 bits per heavy atom. The van der Waals surface area contributed by atoms with Crippen LogP contribution in [0.1, 0.15) is 5.56 Å². The Bertz CT molecular complexity index is 588. The highest BCUT2D eigenvalue weighted by molar-refractivity contribution is 5.92. The standard InChI is InChI=1S/C15H19N3O3.ClH/c1-11-3-4-12(9-13(11)15-17-6-8-21-15)18-14(19)10-16-5-7-20-2;/h3-4,6,8-9,16H,5,7,10H2,1-2H3,(H,18,19);1H. The highest BCUT2D eigenvalue weighted by atomic mass is 35.5. The van der Waals surface area contributed by atoms with Crippen LogP contribution in [0.25, 0.3) is 11.5 Å². The summed E-state index contributed by atoms with van der Waals surface area (Å²) in [6, 6.07) is 5.64. The van der Waals surface area contributed by atoms with Gasteiger partial charge in [0.25, 0.3) is 0 Å². The van der Waals surface area contributed by atoms with Crippen molar-refractivity contribution < 1.29 is 13.9 Å². The van der Waals surface area contributed by atoms with Crippen molar-refractivity contribution >= 4 is 24.0 Å². The summed E-state index contributed by atoms with van der Waals surface area (Å²) in [5, 5.41) is 5.83. The number of amides is 1. The second-order valence-electron chi connectivity index (χ2n) is 4.58. The zero-order valence-electron chi connectivity index (χ0n) is 12.6. The Kier molecular flexibility index (Phi) is 7.59. The second-order valence-corrected chi connectivity index (χ2v) is 4.58. The molecule has 0 bridgehead atoms. The van der Waals surface area contributed by atoms with Crippen LogP contribution in [0.15, 0.2) is 35.1 Å². The van der Waals surface area contributed by atoms with E-state index in [4.69, 9.17) is 9.15 Å². The summed E-state index contributed by atoms with van der Waals surface area (Å²) in [7, 11) is 1.62. The van der Waals surface area contributed by atoms with E-state index < -0.39 is 0 Å². The van der Waals surface area contributed by atoms with Gasteiger partial charge in [-0.2, -0.15) is 0 Å². The molecule has 0 aliphatic rings. The Labute approximate surface area is 135 Å². The molecule has 120 valence electrons. The Hall–Kier alpha value is -1.89. The van der Waals surface area contributed by atoms with Crippen LogP contribution in [0, 0.1) is 6.92 Å². The van der Waals surface area contributed by atoms with E-state index in [1.54, 1.807) is 13.3 Å². The van der Waals surface area contributed by atoms with E-state index in [1.807, 2.05) is 25.1 Å². The molecular formula is C15H20ClN3O3. The van der Waals surface area contributed by atoms with Crippen molar-refractivity contribution in [2.75, 3.05) is 32.1 Å². The van der Waals surface area contributed by atoms with Gasteiger partial charge in [0.05, 0.1) is 19.3 Å². The smallest absolute Gasteiger partial charge is 0.238 e. The average molecular weight is 326 g/mol. The number of rotatable bonds is 7. The molecule has 0 aliphatic heterocycles. The minimum atomic E-state index is -0.103. The molecule has 0 aliphatic carbocycles. The van der Waals surface area contributed by atoms with Crippen LogP contribution in [0.2, 0.25) is 0 Å². The summed E-state index contributed by atoms with van der Waals surface area (Å²) in [6.07, 6.45) is 3.12. The van der Waals surface area contributed by atoms with Crippen LogP contribution in [-0.2, 0) is 9.53 Å². The molecular weight excluding hydrogens is 306 g/mol. The first kappa shape index (κ1) is 18.2. The van der Waals surface area contributed by atoms with Gasteiger partial charge in [0.15, 0.2) is 0 Å². The van der Waals surface area contributed by atoms with Crippen molar-refractivity contribution in [1.82, 2.24) is 10.3 Å². The summed E-state index contributed by atoms with van der Waals surface area (Å²) in [6.45, 7) is 3.43. The van der Waals surface area contributed by atoms with E-state index in [1.165, 1.54) is 6.26 Å². The van der Waals surface area contributed by atoms with Gasteiger partial charge in [-0.05, 0) is 24.6 Å². The van der Waals surface area contributed by atoms with Gasteiger partial charge in [0.2, 0.25) is 11.8 Å². The monoisotopic (exact) mass is 325 g/mol. The van der Waals surface area contributed by atoms with E-state index >= 15 is 0 Å². The highest BCUT2D eigenvalue weighted by Gasteiger charge is 2.09. The molecule has 0 unspecified atom stereocenters. The number of methoxy groups -OCH3 is 1. The summed E-state index contributed by atoms with van der Waals surface area (Å²) in [5.41, 5.74) is 2.62. The average Bonchev–Trinajstić information content (AvgIpc) is 3.00. The molecule has 0 spiro atoms. The fourth-order valence-electron chi connectivity index (χ4n) is 1.87. The topological polar surface area (TPSA) is 76.4 Å². The van der Waals surface area contributed by atoms with E-state index in [9.17, 15) is 4.79 Å². The molecule has 1 heterocycles. The molecule has 1 amide bonds. The lowest BCUT2D eigenvalue weighted by molar-refractivity contribution is -0.115. The molecule has 22 heavy (non-hydrogen) atoms. The third kappa shape index (κ3) is 5.14. The van der Waals surface area contributed by atoms with Crippen molar-refractivity contribution in [3.05, 3.63) is 36.2 Å². The number of benzene rings is 1. The molecule has 7 heteroatoms. The fraction of sp³-hybridized carbons (Fsp3) is 0.333. The fourth-order valence-corrected chi connectivity index (χ4v) is 1.87. The zero-order valence-corrected chi connectivity index (χ0v) is 13.4. The lowest BCUT2D eigenvalue weighted by Gasteiger charge is -2.09. The Morgan fingerprint density at radius 1 is 1.41 bits per heavy atom. The largest absolute Gasteiger partial charge is 0.445 e. The van der Waals surface area contributed by atoms with E-state index in [2.05, 4.69) is 15.6 Å². The number of ether oxygens (including phenoxy) is 1. The quantitative estimate of drug-likeness (QED) is 0.764. The van der Waals surface area contributed by atoms with Gasteiger partial charge in [-0.25, -0.2) is 4.98 Å². The SMILES string of the molecule is COCCNCC(=O)Nc1ccc(C)c(-c2ncco2)c1.Cl. The lowest BCUT2D eigenvalue weighted by atomic mass is 10.1. The van der Waals surface area contributed by atoms with Crippen molar-refractivity contribution in [2.24, 2.45) is 0 Å². The highest BCUT2D eigenvalue weighted by Crippen LogP contribution is 2.25. The van der Waals surface area contributed by atoms with Crippen molar-refractivity contribution in [1.29, 1.82) is 0 Å². The minimum absolute atomic E-state index is 0. The summed E-state index contributed by atoms with van der Waals surface area (Å²) < 4.78 is 10.2. The number of nitrogens with one attached hydrogen (secondary N) is 2. The van der Waals surface area contributed by atoms with Gasteiger partial charge >= 0.3 is 0 Å². The predicted molar refractivity (Wildman–Crippen MR) is 87.3 cm³/mol. The number of aryl methyl sites for hydroxylation is 1. The number of oxazole rings is 1. The van der Waals surface area contributed by atoms with Crippen LogP contribution < -0.4 is 10.6 Å². The Morgan fingerprint density at radius 2 is 2.23 bits per heavy atom. The van der Waals surface area contributed by atoms with Crippen LogP contribution in [0.5, 0.6) is 0 Å². The molecule has 2 rings (SSSR count). The Balaban J connectivity index is 0.00000242. The normalized spacial score (nSPS) is 10.1. The van der Waals surface area contributed by atoms with Crippen LogP contribution in [0.3, 0.4) is 0 Å². The summed E-state index contributed by atoms with van der Waals surface area (Å²) >= 11 is 0. The van der Waals surface area contributed by atoms with Crippen molar-refractivity contribution in [2.45, 2.75) is 6.92 Å². The van der Waals surface area contributed by atoms with Crippen LogP contribution in [0.4, 0.5) is 5.69 Å². The molecule has 6 nitrogen and oxygen atoms in total. The maximum absolute atomic E-state index is 11.8. The number of carbonyl (C=O) groups is 1. The third-order valence-corrected chi connectivity index (χ3v) is 2.95. The van der Waals surface area contributed by atoms with Gasteiger partial charge in [-0.1, -0.05) is 6.07 Å². The molecule has 1 aromatic heterocycles. The number of hydrogen-bond acceptors (Lipinski definition) is 5. The van der Waals surface area contributed by atoms with Gasteiger partial charge in [-0.15, -0.1) is 12.4 Å². The number of anilines is 1. The lowest BCUT2D eigenvalue weighted by Crippen LogP contribution is -2.30. The third-order valence-electron chi connectivity index (χ3n) is 2.95. The minimum Gasteiger partial charge on any atom is -0.445 e. The van der Waals surface area contributed by atoms with Gasteiger partial charge in [-0.3, -0.25) is 4.79 Å². The summed E-state index contributed by atoms with van der Waals surface area (Å²) in [5.74, 6) is 0.440. The molecule has 2 N–H and O–H groups in total. The van der Waals surface area contributed by atoms with Crippen LogP contribution in [-0.4, -0.2) is 37.7 Å². The van der Waals surface area contributed by atoms with E-state index in [0.717, 1.165) is 11.1 Å². The second kappa shape index (κ2) is 9.19. The maximum Gasteiger partial charge on any atom is 0.238 e. The predicted octanol–water partition coefficient (Wildman–Crippen LogP) is 2.25. The van der Waals surface area contributed by atoms with Crippen LogP contribution >= 0.6 is 12.4 Å². The molecule has 2 aromatic rings. The van der Waals surface area contributed by atoms with Gasteiger partial charge in [0.1, 0.15) is 6.26 Å². The van der Waals surface area contributed by atoms with Crippen molar-refractivity contribution in [3.8, 4) is 11.5 Å². The van der Waals surface area contributed by atoms with Gasteiger partial charge in [0, 0.05) is 24.9 Å². The number of aromatic nitrogens is 1.